The molecular formula is C14H21N3S. The van der Waals surface area contributed by atoms with Crippen LogP contribution in [0.15, 0.2) is 24.3 Å². The van der Waals surface area contributed by atoms with Crippen LogP contribution >= 0.6 is 11.5 Å². The van der Waals surface area contributed by atoms with Gasteiger partial charge in [-0.3, -0.25) is 0 Å². The molecule has 18 heavy (non-hydrogen) atoms. The summed E-state index contributed by atoms with van der Waals surface area (Å²) in [5, 5.41) is 6.03. The first-order valence-corrected chi connectivity index (χ1v) is 7.32. The van der Waals surface area contributed by atoms with Crippen molar-refractivity contribution in [3.63, 3.8) is 0 Å². The number of benzene rings is 1. The van der Waals surface area contributed by atoms with Crippen molar-refractivity contribution in [3.8, 4) is 0 Å². The minimum Gasteiger partial charge on any atom is -0.361 e. The monoisotopic (exact) mass is 263 g/mol. The first-order chi connectivity index (χ1) is 8.72. The topological polar surface area (TPSA) is 28.2 Å². The Morgan fingerprint density at radius 1 is 1.33 bits per heavy atom. The molecule has 2 rings (SSSR count). The highest BCUT2D eigenvalue weighted by Crippen LogP contribution is 2.30. The number of nitrogens with zero attached hydrogens (tertiary/aromatic N) is 2. The molecule has 0 saturated heterocycles. The minimum atomic E-state index is 0.543. The van der Waals surface area contributed by atoms with Gasteiger partial charge in [-0.05, 0) is 30.6 Å². The normalized spacial score (nSPS) is 11.3. The lowest BCUT2D eigenvalue weighted by molar-refractivity contribution is 0.585. The predicted octanol–water partition coefficient (Wildman–Crippen LogP) is 3.12. The third-order valence-electron chi connectivity index (χ3n) is 2.97. The van der Waals surface area contributed by atoms with Crippen molar-refractivity contribution in [2.24, 2.45) is 0 Å². The SMILES string of the molecule is CCN(CCNC(C)C)c1snc2ccccc12. The number of aromatic nitrogens is 1. The molecule has 0 aliphatic carbocycles. The molecule has 0 saturated carbocycles. The fourth-order valence-corrected chi connectivity index (χ4v) is 2.95. The maximum absolute atomic E-state index is 4.51. The molecular weight excluding hydrogens is 242 g/mol. The number of rotatable bonds is 6. The summed E-state index contributed by atoms with van der Waals surface area (Å²) in [4.78, 5) is 2.40. The van der Waals surface area contributed by atoms with Gasteiger partial charge >= 0.3 is 0 Å². The summed E-state index contributed by atoms with van der Waals surface area (Å²) in [5.41, 5.74) is 1.10. The van der Waals surface area contributed by atoms with Gasteiger partial charge < -0.3 is 10.2 Å². The van der Waals surface area contributed by atoms with E-state index in [0.29, 0.717) is 6.04 Å². The van der Waals surface area contributed by atoms with Crippen LogP contribution in [0.3, 0.4) is 0 Å². The van der Waals surface area contributed by atoms with E-state index in [4.69, 9.17) is 0 Å². The Hall–Kier alpha value is -1.13. The summed E-state index contributed by atoms with van der Waals surface area (Å²) in [5.74, 6) is 0. The standard InChI is InChI=1S/C14H21N3S/c1-4-17(10-9-15-11(2)3)14-12-7-5-6-8-13(12)16-18-14/h5-8,11,15H,4,9-10H2,1-3H3. The summed E-state index contributed by atoms with van der Waals surface area (Å²) in [6.45, 7) is 9.62. The number of anilines is 1. The maximum atomic E-state index is 4.51. The predicted molar refractivity (Wildman–Crippen MR) is 80.6 cm³/mol. The summed E-state index contributed by atoms with van der Waals surface area (Å²) in [7, 11) is 0. The molecule has 1 heterocycles. The number of fused-ring (bicyclic) bond motifs is 1. The molecule has 0 fully saturated rings. The molecule has 1 aromatic heterocycles. The summed E-state index contributed by atoms with van der Waals surface area (Å²) in [6, 6.07) is 8.91. The first-order valence-electron chi connectivity index (χ1n) is 6.55. The van der Waals surface area contributed by atoms with E-state index in [0.717, 1.165) is 25.2 Å². The van der Waals surface area contributed by atoms with Gasteiger partial charge in [-0.25, -0.2) is 0 Å². The second-order valence-corrected chi connectivity index (χ2v) is 5.45. The van der Waals surface area contributed by atoms with Crippen molar-refractivity contribution in [3.05, 3.63) is 24.3 Å². The number of hydrogen-bond acceptors (Lipinski definition) is 4. The zero-order valence-corrected chi connectivity index (χ0v) is 12.1. The minimum absolute atomic E-state index is 0.543. The van der Waals surface area contributed by atoms with Gasteiger partial charge in [-0.15, -0.1) is 0 Å². The molecule has 98 valence electrons. The lowest BCUT2D eigenvalue weighted by Gasteiger charge is -2.22. The summed E-state index contributed by atoms with van der Waals surface area (Å²) in [6.07, 6.45) is 0. The second kappa shape index (κ2) is 6.16. The molecule has 2 aromatic rings. The smallest absolute Gasteiger partial charge is 0.120 e. The zero-order chi connectivity index (χ0) is 13.0. The number of nitrogens with one attached hydrogen (secondary N) is 1. The van der Waals surface area contributed by atoms with Gasteiger partial charge in [0.15, 0.2) is 0 Å². The third-order valence-corrected chi connectivity index (χ3v) is 3.91. The molecule has 4 heteroatoms. The molecule has 0 aliphatic heterocycles. The Balaban J connectivity index is 2.12. The molecule has 0 bridgehead atoms. The quantitative estimate of drug-likeness (QED) is 0.868. The molecule has 0 atom stereocenters. The van der Waals surface area contributed by atoms with E-state index in [1.807, 2.05) is 6.07 Å². The van der Waals surface area contributed by atoms with E-state index in [1.54, 1.807) is 11.5 Å². The van der Waals surface area contributed by atoms with Gasteiger partial charge in [0.25, 0.3) is 0 Å². The van der Waals surface area contributed by atoms with E-state index in [2.05, 4.69) is 53.6 Å². The van der Waals surface area contributed by atoms with E-state index < -0.39 is 0 Å². The third kappa shape index (κ3) is 3.00. The first kappa shape index (κ1) is 13.3. The van der Waals surface area contributed by atoms with Crippen molar-refractivity contribution in [2.75, 3.05) is 24.5 Å². The van der Waals surface area contributed by atoms with Gasteiger partial charge in [0.1, 0.15) is 5.00 Å². The highest BCUT2D eigenvalue weighted by molar-refractivity contribution is 7.11. The van der Waals surface area contributed by atoms with Gasteiger partial charge in [0.2, 0.25) is 0 Å². The Morgan fingerprint density at radius 2 is 2.11 bits per heavy atom. The van der Waals surface area contributed by atoms with Crippen LogP contribution in [0.2, 0.25) is 0 Å². The Morgan fingerprint density at radius 3 is 2.83 bits per heavy atom. The van der Waals surface area contributed by atoms with Gasteiger partial charge in [0.05, 0.1) is 5.52 Å². The van der Waals surface area contributed by atoms with Crippen LogP contribution in [-0.2, 0) is 0 Å². The van der Waals surface area contributed by atoms with E-state index in [1.165, 1.54) is 10.4 Å². The summed E-state index contributed by atoms with van der Waals surface area (Å²) >= 11 is 1.60. The Bertz CT molecular complexity index is 492. The van der Waals surface area contributed by atoms with Crippen LogP contribution in [0.25, 0.3) is 10.9 Å². The lowest BCUT2D eigenvalue weighted by atomic mass is 10.2. The summed E-state index contributed by atoms with van der Waals surface area (Å²) < 4.78 is 4.51. The highest BCUT2D eigenvalue weighted by atomic mass is 32.1. The molecule has 0 spiro atoms. The number of likely N-dealkylation sites (N-methyl/N-ethyl adjacent to an activating group) is 1. The molecule has 3 nitrogen and oxygen atoms in total. The Labute approximate surface area is 113 Å². The molecule has 1 N–H and O–H groups in total. The lowest BCUT2D eigenvalue weighted by Crippen LogP contribution is -2.34. The maximum Gasteiger partial charge on any atom is 0.120 e. The van der Waals surface area contributed by atoms with Gasteiger partial charge in [-0.2, -0.15) is 4.37 Å². The van der Waals surface area contributed by atoms with Crippen molar-refractivity contribution in [1.29, 1.82) is 0 Å². The zero-order valence-electron chi connectivity index (χ0n) is 11.3. The van der Waals surface area contributed by atoms with Crippen molar-refractivity contribution in [1.82, 2.24) is 9.69 Å². The molecule has 0 aliphatic rings. The van der Waals surface area contributed by atoms with Crippen LogP contribution in [-0.4, -0.2) is 30.0 Å². The van der Waals surface area contributed by atoms with Crippen molar-refractivity contribution < 1.29 is 0 Å². The average molecular weight is 263 g/mol. The number of hydrogen-bond donors (Lipinski definition) is 1. The van der Waals surface area contributed by atoms with Crippen LogP contribution in [0.4, 0.5) is 5.00 Å². The van der Waals surface area contributed by atoms with E-state index in [-0.39, 0.29) is 0 Å². The molecule has 1 aromatic carbocycles. The van der Waals surface area contributed by atoms with E-state index >= 15 is 0 Å². The fraction of sp³-hybridized carbons (Fsp3) is 0.500. The van der Waals surface area contributed by atoms with E-state index in [9.17, 15) is 0 Å². The molecule has 0 radical (unpaired) electrons. The van der Waals surface area contributed by atoms with Crippen LogP contribution < -0.4 is 10.2 Å². The fourth-order valence-electron chi connectivity index (χ4n) is 2.00. The van der Waals surface area contributed by atoms with Gasteiger partial charge in [-0.1, -0.05) is 26.0 Å². The van der Waals surface area contributed by atoms with Crippen LogP contribution in [0.5, 0.6) is 0 Å². The van der Waals surface area contributed by atoms with Gasteiger partial charge in [0, 0.05) is 31.1 Å². The van der Waals surface area contributed by atoms with Crippen LogP contribution in [0, 0.1) is 0 Å². The highest BCUT2D eigenvalue weighted by Gasteiger charge is 2.11. The van der Waals surface area contributed by atoms with Crippen molar-refractivity contribution >= 4 is 27.4 Å². The van der Waals surface area contributed by atoms with Crippen molar-refractivity contribution in [2.45, 2.75) is 26.8 Å². The Kier molecular flexibility index (Phi) is 4.55. The van der Waals surface area contributed by atoms with Crippen LogP contribution in [0.1, 0.15) is 20.8 Å². The second-order valence-electron chi connectivity index (χ2n) is 4.69. The molecule has 0 unspecified atom stereocenters. The molecule has 0 amide bonds. The largest absolute Gasteiger partial charge is 0.361 e. The average Bonchev–Trinajstić information content (AvgIpc) is 2.78.